The number of carbonyl (C=O) groups is 1. The fourth-order valence-corrected chi connectivity index (χ4v) is 4.95. The standard InChI is InChI=1S/C19H20N2O2S2/c1-12-9-13(2)17-15(10-12)20-19(25-17)21(11-14-5-3-7-23-14)18(22)16-6-4-8-24-16/h4,6,8-10,14H,3,5,7,11H2,1-2H3. The highest BCUT2D eigenvalue weighted by molar-refractivity contribution is 7.22. The van der Waals surface area contributed by atoms with Gasteiger partial charge < -0.3 is 4.74 Å². The minimum atomic E-state index is 0.0129. The summed E-state index contributed by atoms with van der Waals surface area (Å²) in [7, 11) is 0. The van der Waals surface area contributed by atoms with Crippen molar-refractivity contribution in [3.63, 3.8) is 0 Å². The average Bonchev–Trinajstić information content (AvgIpc) is 3.32. The molecule has 0 bridgehead atoms. The topological polar surface area (TPSA) is 42.4 Å². The van der Waals surface area contributed by atoms with Crippen LogP contribution in [0.25, 0.3) is 10.2 Å². The van der Waals surface area contributed by atoms with E-state index in [4.69, 9.17) is 9.72 Å². The van der Waals surface area contributed by atoms with E-state index in [0.29, 0.717) is 6.54 Å². The maximum Gasteiger partial charge on any atom is 0.270 e. The number of thiophene rings is 1. The van der Waals surface area contributed by atoms with Gasteiger partial charge in [0, 0.05) is 6.61 Å². The van der Waals surface area contributed by atoms with Crippen LogP contribution in [-0.4, -0.2) is 30.1 Å². The second kappa shape index (κ2) is 6.86. The molecule has 1 aliphatic rings. The molecular formula is C19H20N2O2S2. The lowest BCUT2D eigenvalue weighted by Crippen LogP contribution is -2.37. The van der Waals surface area contributed by atoms with E-state index in [9.17, 15) is 4.79 Å². The molecule has 0 radical (unpaired) electrons. The van der Waals surface area contributed by atoms with Crippen molar-refractivity contribution in [2.45, 2.75) is 32.8 Å². The van der Waals surface area contributed by atoms with Crippen molar-refractivity contribution in [2.75, 3.05) is 18.1 Å². The number of aromatic nitrogens is 1. The van der Waals surface area contributed by atoms with E-state index in [1.54, 1.807) is 16.2 Å². The Bertz CT molecular complexity index is 896. The summed E-state index contributed by atoms with van der Waals surface area (Å²) in [4.78, 5) is 20.4. The molecule has 2 aromatic heterocycles. The Labute approximate surface area is 155 Å². The molecule has 1 fully saturated rings. The molecule has 1 amide bonds. The largest absolute Gasteiger partial charge is 0.376 e. The second-order valence-corrected chi connectivity index (χ2v) is 8.38. The highest BCUT2D eigenvalue weighted by atomic mass is 32.1. The Balaban J connectivity index is 1.74. The Morgan fingerprint density at radius 3 is 3.00 bits per heavy atom. The first kappa shape index (κ1) is 16.7. The third-order valence-corrected chi connectivity index (χ3v) is 6.51. The predicted molar refractivity (Wildman–Crippen MR) is 104 cm³/mol. The molecule has 4 nitrogen and oxygen atoms in total. The number of thiazole rings is 1. The van der Waals surface area contributed by atoms with Crippen molar-refractivity contribution in [1.29, 1.82) is 0 Å². The fourth-order valence-electron chi connectivity index (χ4n) is 3.25. The van der Waals surface area contributed by atoms with Crippen LogP contribution in [0.15, 0.2) is 29.6 Å². The zero-order chi connectivity index (χ0) is 17.4. The van der Waals surface area contributed by atoms with Crippen molar-refractivity contribution in [1.82, 2.24) is 4.98 Å². The smallest absolute Gasteiger partial charge is 0.270 e. The Kier molecular flexibility index (Phi) is 4.58. The van der Waals surface area contributed by atoms with Gasteiger partial charge in [0.15, 0.2) is 5.13 Å². The monoisotopic (exact) mass is 372 g/mol. The van der Waals surface area contributed by atoms with Gasteiger partial charge in [-0.25, -0.2) is 4.98 Å². The van der Waals surface area contributed by atoms with E-state index >= 15 is 0 Å². The molecule has 0 saturated carbocycles. The molecule has 25 heavy (non-hydrogen) atoms. The number of ether oxygens (including phenoxy) is 1. The Hall–Kier alpha value is -1.76. The molecule has 0 spiro atoms. The fraction of sp³-hybridized carbons (Fsp3) is 0.368. The number of carbonyl (C=O) groups excluding carboxylic acids is 1. The molecule has 1 saturated heterocycles. The minimum Gasteiger partial charge on any atom is -0.376 e. The van der Waals surface area contributed by atoms with E-state index in [-0.39, 0.29) is 12.0 Å². The van der Waals surface area contributed by atoms with Crippen molar-refractivity contribution in [3.05, 3.63) is 45.6 Å². The van der Waals surface area contributed by atoms with Crippen LogP contribution in [-0.2, 0) is 4.74 Å². The molecule has 1 unspecified atom stereocenters. The quantitative estimate of drug-likeness (QED) is 0.661. The lowest BCUT2D eigenvalue weighted by atomic mass is 10.1. The van der Waals surface area contributed by atoms with Crippen molar-refractivity contribution >= 4 is 43.9 Å². The third kappa shape index (κ3) is 3.34. The van der Waals surface area contributed by atoms with Gasteiger partial charge in [0.05, 0.1) is 27.7 Å². The first-order valence-corrected chi connectivity index (χ1v) is 10.2. The highest BCUT2D eigenvalue weighted by Crippen LogP contribution is 2.33. The molecule has 1 aromatic carbocycles. The first-order valence-electron chi connectivity index (χ1n) is 8.46. The number of anilines is 1. The SMILES string of the molecule is Cc1cc(C)c2sc(N(CC3CCCO3)C(=O)c3cccs3)nc2c1. The number of nitrogens with zero attached hydrogens (tertiary/aromatic N) is 2. The van der Waals surface area contributed by atoms with Crippen LogP contribution in [0.4, 0.5) is 5.13 Å². The molecule has 1 atom stereocenters. The highest BCUT2D eigenvalue weighted by Gasteiger charge is 2.27. The van der Waals surface area contributed by atoms with Crippen LogP contribution in [0.1, 0.15) is 33.6 Å². The van der Waals surface area contributed by atoms with Gasteiger partial charge in [-0.3, -0.25) is 9.69 Å². The van der Waals surface area contributed by atoms with E-state index in [2.05, 4.69) is 26.0 Å². The summed E-state index contributed by atoms with van der Waals surface area (Å²) in [6, 6.07) is 8.03. The number of fused-ring (bicyclic) bond motifs is 1. The summed E-state index contributed by atoms with van der Waals surface area (Å²) in [5.41, 5.74) is 3.37. The van der Waals surface area contributed by atoms with E-state index in [1.165, 1.54) is 22.5 Å². The van der Waals surface area contributed by atoms with E-state index in [0.717, 1.165) is 39.7 Å². The van der Waals surface area contributed by atoms with Crippen LogP contribution in [0.2, 0.25) is 0 Å². The van der Waals surface area contributed by atoms with Gasteiger partial charge >= 0.3 is 0 Å². The van der Waals surface area contributed by atoms with E-state index < -0.39 is 0 Å². The second-order valence-electron chi connectivity index (χ2n) is 6.45. The van der Waals surface area contributed by atoms with Gasteiger partial charge in [-0.2, -0.15) is 0 Å². The van der Waals surface area contributed by atoms with Crippen LogP contribution < -0.4 is 4.90 Å². The lowest BCUT2D eigenvalue weighted by molar-refractivity contribution is 0.0920. The van der Waals surface area contributed by atoms with Crippen LogP contribution >= 0.6 is 22.7 Å². The van der Waals surface area contributed by atoms with Gasteiger partial charge in [-0.1, -0.05) is 23.5 Å². The number of hydrogen-bond acceptors (Lipinski definition) is 5. The van der Waals surface area contributed by atoms with Gasteiger partial charge in [0.1, 0.15) is 0 Å². The van der Waals surface area contributed by atoms with E-state index in [1.807, 2.05) is 17.5 Å². The summed E-state index contributed by atoms with van der Waals surface area (Å²) >= 11 is 3.06. The van der Waals surface area contributed by atoms with Crippen LogP contribution in [0.3, 0.4) is 0 Å². The van der Waals surface area contributed by atoms with Crippen LogP contribution in [0, 0.1) is 13.8 Å². The first-order chi connectivity index (χ1) is 12.1. The van der Waals surface area contributed by atoms with Crippen molar-refractivity contribution in [3.8, 4) is 0 Å². The predicted octanol–water partition coefficient (Wildman–Crippen LogP) is 4.80. The summed E-state index contributed by atoms with van der Waals surface area (Å²) in [5.74, 6) is 0.0129. The third-order valence-electron chi connectivity index (χ3n) is 4.43. The maximum atomic E-state index is 13.1. The summed E-state index contributed by atoms with van der Waals surface area (Å²) < 4.78 is 6.93. The molecule has 0 aliphatic carbocycles. The zero-order valence-electron chi connectivity index (χ0n) is 14.3. The number of aryl methyl sites for hydroxylation is 2. The van der Waals surface area contributed by atoms with Crippen molar-refractivity contribution < 1.29 is 9.53 Å². The number of benzene rings is 1. The van der Waals surface area contributed by atoms with Gasteiger partial charge in [0.2, 0.25) is 0 Å². The molecule has 3 heterocycles. The summed E-state index contributed by atoms with van der Waals surface area (Å²) in [6.07, 6.45) is 2.15. The van der Waals surface area contributed by atoms with Gasteiger partial charge in [0.25, 0.3) is 5.91 Å². The Morgan fingerprint density at radius 2 is 2.28 bits per heavy atom. The number of hydrogen-bond donors (Lipinski definition) is 0. The number of amides is 1. The molecule has 4 rings (SSSR count). The normalized spacial score (nSPS) is 17.3. The molecule has 3 aromatic rings. The minimum absolute atomic E-state index is 0.0129. The zero-order valence-corrected chi connectivity index (χ0v) is 16.0. The van der Waals surface area contributed by atoms with Crippen LogP contribution in [0.5, 0.6) is 0 Å². The molecule has 6 heteroatoms. The number of rotatable bonds is 4. The Morgan fingerprint density at radius 1 is 1.40 bits per heavy atom. The summed E-state index contributed by atoms with van der Waals surface area (Å²) in [6.45, 7) is 5.52. The van der Waals surface area contributed by atoms with Gasteiger partial charge in [-0.05, 0) is 55.3 Å². The molecule has 130 valence electrons. The summed E-state index contributed by atoms with van der Waals surface area (Å²) in [5, 5.41) is 2.70. The molecule has 0 N–H and O–H groups in total. The van der Waals surface area contributed by atoms with Crippen molar-refractivity contribution in [2.24, 2.45) is 0 Å². The molecular weight excluding hydrogens is 352 g/mol. The maximum absolute atomic E-state index is 13.1. The van der Waals surface area contributed by atoms with Gasteiger partial charge in [-0.15, -0.1) is 11.3 Å². The molecule has 1 aliphatic heterocycles. The lowest BCUT2D eigenvalue weighted by Gasteiger charge is -2.22. The average molecular weight is 373 g/mol.